The Morgan fingerprint density at radius 2 is 1.96 bits per heavy atom. The van der Waals surface area contributed by atoms with Crippen molar-refractivity contribution >= 4 is 5.91 Å². The molecule has 0 radical (unpaired) electrons. The Morgan fingerprint density at radius 1 is 1.19 bits per heavy atom. The zero-order valence-electron chi connectivity index (χ0n) is 14.4. The van der Waals surface area contributed by atoms with E-state index in [1.165, 1.54) is 0 Å². The van der Waals surface area contributed by atoms with Gasteiger partial charge in [0.05, 0.1) is 0 Å². The molecule has 2 aromatic carbocycles. The lowest BCUT2D eigenvalue weighted by Gasteiger charge is -2.15. The van der Waals surface area contributed by atoms with Gasteiger partial charge in [-0.3, -0.25) is 4.79 Å². The third-order valence-electron chi connectivity index (χ3n) is 3.88. The molecule has 0 aliphatic carbocycles. The van der Waals surface area contributed by atoms with Crippen LogP contribution in [0, 0.1) is 11.3 Å². The summed E-state index contributed by atoms with van der Waals surface area (Å²) in [6.45, 7) is 1.12. The molecule has 0 unspecified atom stereocenters. The van der Waals surface area contributed by atoms with Gasteiger partial charge in [-0.15, -0.1) is 0 Å². The van der Waals surface area contributed by atoms with Crippen LogP contribution in [0.1, 0.15) is 11.1 Å². The topological polar surface area (TPSA) is 74.6 Å². The highest BCUT2D eigenvalue weighted by atomic mass is 16.7. The number of ether oxygens (including phenoxy) is 2. The van der Waals surface area contributed by atoms with E-state index in [4.69, 9.17) is 9.47 Å². The molecule has 0 saturated heterocycles. The van der Waals surface area contributed by atoms with Crippen LogP contribution in [0.25, 0.3) is 0 Å². The number of benzene rings is 2. The SMILES string of the molecule is CN(/C=C(/C#N)C(=O)NCc1ccc2c(c1)OCO2)Cc1ccccc1. The highest BCUT2D eigenvalue weighted by Gasteiger charge is 2.14. The number of nitriles is 1. The maximum Gasteiger partial charge on any atom is 0.263 e. The van der Waals surface area contributed by atoms with Gasteiger partial charge in [-0.1, -0.05) is 36.4 Å². The van der Waals surface area contributed by atoms with Gasteiger partial charge in [0.25, 0.3) is 5.91 Å². The molecule has 26 heavy (non-hydrogen) atoms. The monoisotopic (exact) mass is 349 g/mol. The first-order valence-corrected chi connectivity index (χ1v) is 8.18. The molecular weight excluding hydrogens is 330 g/mol. The van der Waals surface area contributed by atoms with Gasteiger partial charge in [0, 0.05) is 26.3 Å². The van der Waals surface area contributed by atoms with Crippen molar-refractivity contribution in [2.75, 3.05) is 13.8 Å². The van der Waals surface area contributed by atoms with E-state index in [-0.39, 0.29) is 12.4 Å². The number of amides is 1. The number of rotatable bonds is 6. The quantitative estimate of drug-likeness (QED) is 0.641. The van der Waals surface area contributed by atoms with Gasteiger partial charge >= 0.3 is 0 Å². The Kier molecular flexibility index (Phi) is 5.40. The van der Waals surface area contributed by atoms with E-state index in [1.54, 1.807) is 12.3 Å². The molecular formula is C20H19N3O3. The molecule has 2 aromatic rings. The van der Waals surface area contributed by atoms with Crippen LogP contribution in [-0.2, 0) is 17.9 Å². The first kappa shape index (κ1) is 17.4. The largest absolute Gasteiger partial charge is 0.454 e. The lowest BCUT2D eigenvalue weighted by molar-refractivity contribution is -0.117. The molecule has 0 bridgehead atoms. The summed E-state index contributed by atoms with van der Waals surface area (Å²) in [6.07, 6.45) is 1.56. The molecule has 1 N–H and O–H groups in total. The Bertz CT molecular complexity index is 856. The molecule has 0 aromatic heterocycles. The minimum Gasteiger partial charge on any atom is -0.454 e. The van der Waals surface area contributed by atoms with E-state index in [0.717, 1.165) is 11.1 Å². The Morgan fingerprint density at radius 3 is 2.73 bits per heavy atom. The van der Waals surface area contributed by atoms with Crippen LogP contribution in [-0.4, -0.2) is 24.6 Å². The van der Waals surface area contributed by atoms with Gasteiger partial charge < -0.3 is 19.7 Å². The Labute approximate surface area is 152 Å². The number of carbonyl (C=O) groups is 1. The fourth-order valence-corrected chi connectivity index (χ4v) is 2.60. The molecule has 6 heteroatoms. The maximum atomic E-state index is 12.3. The molecule has 132 valence electrons. The van der Waals surface area contributed by atoms with Crippen molar-refractivity contribution in [2.45, 2.75) is 13.1 Å². The average molecular weight is 349 g/mol. The first-order valence-electron chi connectivity index (χ1n) is 8.18. The Balaban J connectivity index is 1.59. The van der Waals surface area contributed by atoms with E-state index < -0.39 is 5.91 Å². The van der Waals surface area contributed by atoms with Crippen LogP contribution >= 0.6 is 0 Å². The molecule has 6 nitrogen and oxygen atoms in total. The van der Waals surface area contributed by atoms with Gasteiger partial charge in [0.15, 0.2) is 11.5 Å². The van der Waals surface area contributed by atoms with Crippen molar-refractivity contribution < 1.29 is 14.3 Å². The molecule has 1 aliphatic rings. The summed E-state index contributed by atoms with van der Waals surface area (Å²) in [4.78, 5) is 14.1. The van der Waals surface area contributed by atoms with E-state index in [2.05, 4.69) is 5.32 Å². The predicted octanol–water partition coefficient (Wildman–Crippen LogP) is 2.57. The predicted molar refractivity (Wildman–Crippen MR) is 96.0 cm³/mol. The van der Waals surface area contributed by atoms with Crippen LogP contribution < -0.4 is 14.8 Å². The van der Waals surface area contributed by atoms with Crippen LogP contribution in [0.15, 0.2) is 60.3 Å². The molecule has 1 aliphatic heterocycles. The summed E-state index contributed by atoms with van der Waals surface area (Å²) in [7, 11) is 1.83. The summed E-state index contributed by atoms with van der Waals surface area (Å²) < 4.78 is 10.6. The van der Waals surface area contributed by atoms with Crippen molar-refractivity contribution in [2.24, 2.45) is 0 Å². The summed E-state index contributed by atoms with van der Waals surface area (Å²) >= 11 is 0. The van der Waals surface area contributed by atoms with Crippen LogP contribution in [0.3, 0.4) is 0 Å². The van der Waals surface area contributed by atoms with Crippen molar-refractivity contribution in [1.82, 2.24) is 10.2 Å². The third kappa shape index (κ3) is 4.33. The van der Waals surface area contributed by atoms with E-state index in [9.17, 15) is 10.1 Å². The minimum absolute atomic E-state index is 0.0594. The van der Waals surface area contributed by atoms with Crippen molar-refractivity contribution in [3.8, 4) is 17.6 Å². The fourth-order valence-electron chi connectivity index (χ4n) is 2.60. The lowest BCUT2D eigenvalue weighted by Crippen LogP contribution is -2.25. The van der Waals surface area contributed by atoms with Crippen molar-refractivity contribution in [3.63, 3.8) is 0 Å². The zero-order chi connectivity index (χ0) is 18.4. The number of nitrogens with zero attached hydrogens (tertiary/aromatic N) is 2. The Hall–Kier alpha value is -3.46. The normalized spacial score (nSPS) is 12.4. The van der Waals surface area contributed by atoms with Crippen LogP contribution in [0.2, 0.25) is 0 Å². The number of fused-ring (bicyclic) bond motifs is 1. The fraction of sp³-hybridized carbons (Fsp3) is 0.200. The van der Waals surface area contributed by atoms with Gasteiger partial charge in [-0.2, -0.15) is 5.26 Å². The van der Waals surface area contributed by atoms with Crippen LogP contribution in [0.5, 0.6) is 11.5 Å². The summed E-state index contributed by atoms with van der Waals surface area (Å²) in [5.74, 6) is 0.945. The number of nitrogens with one attached hydrogen (secondary N) is 1. The minimum atomic E-state index is -0.412. The van der Waals surface area contributed by atoms with E-state index in [1.807, 2.05) is 60.5 Å². The number of carbonyl (C=O) groups excluding carboxylic acids is 1. The number of hydrogen-bond donors (Lipinski definition) is 1. The van der Waals surface area contributed by atoms with Crippen LogP contribution in [0.4, 0.5) is 0 Å². The smallest absolute Gasteiger partial charge is 0.263 e. The third-order valence-corrected chi connectivity index (χ3v) is 3.88. The molecule has 1 heterocycles. The van der Waals surface area contributed by atoms with Gasteiger partial charge in [0.1, 0.15) is 11.6 Å². The highest BCUT2D eigenvalue weighted by molar-refractivity contribution is 5.97. The van der Waals surface area contributed by atoms with E-state index >= 15 is 0 Å². The highest BCUT2D eigenvalue weighted by Crippen LogP contribution is 2.32. The van der Waals surface area contributed by atoms with Crippen molar-refractivity contribution in [1.29, 1.82) is 5.26 Å². The maximum absolute atomic E-state index is 12.3. The first-order chi connectivity index (χ1) is 12.7. The summed E-state index contributed by atoms with van der Waals surface area (Å²) in [5, 5.41) is 12.1. The van der Waals surface area contributed by atoms with Crippen molar-refractivity contribution in [3.05, 3.63) is 71.4 Å². The molecule has 0 fully saturated rings. The molecule has 0 spiro atoms. The average Bonchev–Trinajstić information content (AvgIpc) is 3.12. The molecule has 3 rings (SSSR count). The molecule has 0 atom stereocenters. The summed E-state index contributed by atoms with van der Waals surface area (Å²) in [6, 6.07) is 17.3. The van der Waals surface area contributed by atoms with Gasteiger partial charge in [-0.05, 0) is 23.3 Å². The second-order valence-corrected chi connectivity index (χ2v) is 5.93. The second-order valence-electron chi connectivity index (χ2n) is 5.93. The summed E-state index contributed by atoms with van der Waals surface area (Å²) in [5.41, 5.74) is 2.03. The number of hydrogen-bond acceptors (Lipinski definition) is 5. The van der Waals surface area contributed by atoms with E-state index in [0.29, 0.717) is 24.6 Å². The zero-order valence-corrected chi connectivity index (χ0v) is 14.4. The molecule has 1 amide bonds. The van der Waals surface area contributed by atoms with Gasteiger partial charge in [0.2, 0.25) is 6.79 Å². The lowest BCUT2D eigenvalue weighted by atomic mass is 10.2. The van der Waals surface area contributed by atoms with Gasteiger partial charge in [-0.25, -0.2) is 0 Å². The molecule has 0 saturated carbocycles. The second kappa shape index (κ2) is 8.08. The standard InChI is InChI=1S/C20H19N3O3/c1-23(12-15-5-3-2-4-6-15)13-17(10-21)20(24)22-11-16-7-8-18-19(9-16)26-14-25-18/h2-9,13H,11-12,14H2,1H3,(H,22,24)/b17-13-.